The molecule has 1 aromatic rings. The van der Waals surface area contributed by atoms with Gasteiger partial charge in [-0.15, -0.1) is 11.3 Å². The molecule has 1 aromatic heterocycles. The molecule has 2 rings (SSSR count). The van der Waals surface area contributed by atoms with Crippen molar-refractivity contribution in [3.8, 4) is 0 Å². The summed E-state index contributed by atoms with van der Waals surface area (Å²) in [6.07, 6.45) is 0.457. The van der Waals surface area contributed by atoms with Crippen LogP contribution >= 0.6 is 43.2 Å². The Morgan fingerprint density at radius 1 is 1.42 bits per heavy atom. The van der Waals surface area contributed by atoms with Gasteiger partial charge >= 0.3 is 0 Å². The van der Waals surface area contributed by atoms with Gasteiger partial charge in [0, 0.05) is 13.0 Å². The van der Waals surface area contributed by atoms with Crippen LogP contribution in [-0.2, 0) is 4.79 Å². The van der Waals surface area contributed by atoms with Crippen molar-refractivity contribution in [2.75, 3.05) is 6.54 Å². The molecule has 1 unspecified atom stereocenters. The molecule has 1 aliphatic rings. The number of carbonyl (C=O) groups is 2. The predicted molar refractivity (Wildman–Crippen MR) is 83.3 cm³/mol. The summed E-state index contributed by atoms with van der Waals surface area (Å²) >= 11 is 8.16. The average molecular weight is 409 g/mol. The van der Waals surface area contributed by atoms with Crippen LogP contribution in [0.4, 0.5) is 0 Å². The van der Waals surface area contributed by atoms with Gasteiger partial charge in [0.05, 0.1) is 13.1 Å². The Bertz CT molecular complexity index is 533. The van der Waals surface area contributed by atoms with Gasteiger partial charge in [-0.05, 0) is 49.3 Å². The summed E-state index contributed by atoms with van der Waals surface area (Å²) in [5.41, 5.74) is 0.594. The van der Waals surface area contributed by atoms with E-state index in [0.717, 1.165) is 7.57 Å². The highest BCUT2D eigenvalue weighted by Gasteiger charge is 2.40. The monoisotopic (exact) mass is 407 g/mol. The molecule has 1 fully saturated rings. The molecular weight excluding hydrogens is 394 g/mol. The summed E-state index contributed by atoms with van der Waals surface area (Å²) < 4.78 is 1.64. The van der Waals surface area contributed by atoms with Gasteiger partial charge in [-0.1, -0.05) is 20.8 Å². The number of halogens is 2. The summed E-state index contributed by atoms with van der Waals surface area (Å²) in [4.78, 5) is 25.9. The van der Waals surface area contributed by atoms with E-state index < -0.39 is 0 Å². The van der Waals surface area contributed by atoms with E-state index in [2.05, 4.69) is 52.6 Å². The minimum Gasteiger partial charge on any atom is -0.278 e. The maximum atomic E-state index is 12.4. The van der Waals surface area contributed by atoms with Crippen LogP contribution in [0.15, 0.2) is 13.6 Å². The van der Waals surface area contributed by atoms with Crippen molar-refractivity contribution in [2.24, 2.45) is 11.3 Å². The fourth-order valence-electron chi connectivity index (χ4n) is 2.12. The number of hydrogen-bond donors (Lipinski definition) is 0. The zero-order valence-corrected chi connectivity index (χ0v) is 15.0. The number of carbonyl (C=O) groups excluding carboxylic acids is 2. The van der Waals surface area contributed by atoms with Gasteiger partial charge in [0.15, 0.2) is 0 Å². The Hall–Kier alpha value is -0.200. The topological polar surface area (TPSA) is 37.4 Å². The lowest BCUT2D eigenvalue weighted by Crippen LogP contribution is -2.33. The minimum absolute atomic E-state index is 0.0388. The third-order valence-corrected chi connectivity index (χ3v) is 5.82. The van der Waals surface area contributed by atoms with Crippen LogP contribution in [0.3, 0.4) is 0 Å². The lowest BCUT2D eigenvalue weighted by molar-refractivity contribution is -0.125. The molecule has 0 spiro atoms. The first-order valence-corrected chi connectivity index (χ1v) is 8.40. The summed E-state index contributed by atoms with van der Waals surface area (Å²) in [5.74, 6) is -0.0467. The van der Waals surface area contributed by atoms with Crippen molar-refractivity contribution < 1.29 is 9.59 Å². The molecular formula is C13H15Br2NO2S. The molecule has 0 radical (unpaired) electrons. The molecule has 1 atom stereocenters. The standard InChI is InChI=1S/C13H15Br2NO2S/c1-13(2,3)7-4-10(17)16(6-7)12(18)8-5-9(14)19-11(8)15/h5,7H,4,6H2,1-3H3. The lowest BCUT2D eigenvalue weighted by atomic mass is 9.80. The van der Waals surface area contributed by atoms with E-state index in [9.17, 15) is 9.59 Å². The van der Waals surface area contributed by atoms with Crippen molar-refractivity contribution in [3.05, 3.63) is 19.2 Å². The zero-order valence-electron chi connectivity index (χ0n) is 11.0. The number of nitrogens with zero attached hydrogens (tertiary/aromatic N) is 1. The summed E-state index contributed by atoms with van der Waals surface area (Å²) in [6, 6.07) is 1.76. The molecule has 6 heteroatoms. The van der Waals surface area contributed by atoms with Crippen LogP contribution in [0, 0.1) is 11.3 Å². The Labute approximate surface area is 133 Å². The first-order chi connectivity index (χ1) is 8.70. The Morgan fingerprint density at radius 3 is 2.47 bits per heavy atom. The van der Waals surface area contributed by atoms with E-state index in [1.807, 2.05) is 0 Å². The molecule has 0 bridgehead atoms. The van der Waals surface area contributed by atoms with Crippen LogP contribution in [-0.4, -0.2) is 23.3 Å². The van der Waals surface area contributed by atoms with Crippen LogP contribution in [0.2, 0.25) is 0 Å². The Kier molecular flexibility index (Phi) is 4.23. The average Bonchev–Trinajstić information content (AvgIpc) is 2.80. The van der Waals surface area contributed by atoms with Gasteiger partial charge < -0.3 is 0 Å². The first kappa shape index (κ1) is 15.2. The van der Waals surface area contributed by atoms with E-state index >= 15 is 0 Å². The largest absolute Gasteiger partial charge is 0.278 e. The highest BCUT2D eigenvalue weighted by Crippen LogP contribution is 2.37. The SMILES string of the molecule is CC(C)(C)C1CC(=O)N(C(=O)c2cc(Br)sc2Br)C1. The molecule has 104 valence electrons. The van der Waals surface area contributed by atoms with Crippen LogP contribution in [0.1, 0.15) is 37.6 Å². The van der Waals surface area contributed by atoms with Crippen LogP contribution in [0.5, 0.6) is 0 Å². The molecule has 0 N–H and O–H groups in total. The van der Waals surface area contributed by atoms with Gasteiger partial charge in [0.25, 0.3) is 5.91 Å². The second-order valence-corrected chi connectivity index (χ2v) is 9.56. The second kappa shape index (κ2) is 5.30. The molecule has 2 amide bonds. The molecule has 0 aromatic carbocycles. The highest BCUT2D eigenvalue weighted by molar-refractivity contribution is 9.12. The number of thiophene rings is 1. The molecule has 3 nitrogen and oxygen atoms in total. The molecule has 1 saturated heterocycles. The third kappa shape index (κ3) is 3.11. The number of likely N-dealkylation sites (tertiary alicyclic amines) is 1. The Morgan fingerprint density at radius 2 is 2.05 bits per heavy atom. The molecule has 19 heavy (non-hydrogen) atoms. The number of amides is 2. The van der Waals surface area contributed by atoms with E-state index in [-0.39, 0.29) is 23.1 Å². The fourth-order valence-corrected chi connectivity index (χ4v) is 4.89. The van der Waals surface area contributed by atoms with Gasteiger partial charge in [-0.2, -0.15) is 0 Å². The van der Waals surface area contributed by atoms with Gasteiger partial charge in [-0.25, -0.2) is 0 Å². The minimum atomic E-state index is -0.203. The van der Waals surface area contributed by atoms with Crippen molar-refractivity contribution >= 4 is 55.0 Å². The maximum absolute atomic E-state index is 12.4. The van der Waals surface area contributed by atoms with Crippen molar-refractivity contribution in [1.82, 2.24) is 4.90 Å². The zero-order chi connectivity index (χ0) is 14.4. The van der Waals surface area contributed by atoms with Crippen molar-refractivity contribution in [1.29, 1.82) is 0 Å². The third-order valence-electron chi connectivity index (χ3n) is 3.48. The first-order valence-electron chi connectivity index (χ1n) is 5.99. The highest BCUT2D eigenvalue weighted by atomic mass is 79.9. The summed E-state index contributed by atoms with van der Waals surface area (Å²) in [5, 5.41) is 0. The number of rotatable bonds is 1. The number of hydrogen-bond acceptors (Lipinski definition) is 3. The summed E-state index contributed by atoms with van der Waals surface area (Å²) in [6.45, 7) is 6.84. The quantitative estimate of drug-likeness (QED) is 0.649. The van der Waals surface area contributed by atoms with Crippen LogP contribution < -0.4 is 0 Å². The normalized spacial score (nSPS) is 20.2. The molecule has 0 aliphatic carbocycles. The van der Waals surface area contributed by atoms with E-state index in [1.54, 1.807) is 6.07 Å². The van der Waals surface area contributed by atoms with E-state index in [1.165, 1.54) is 16.2 Å². The molecule has 2 heterocycles. The van der Waals surface area contributed by atoms with Gasteiger partial charge in [0.2, 0.25) is 5.91 Å². The van der Waals surface area contributed by atoms with Gasteiger partial charge in [0.1, 0.15) is 0 Å². The summed E-state index contributed by atoms with van der Waals surface area (Å²) in [7, 11) is 0. The van der Waals surface area contributed by atoms with Crippen molar-refractivity contribution in [3.63, 3.8) is 0 Å². The number of imide groups is 1. The van der Waals surface area contributed by atoms with E-state index in [4.69, 9.17) is 0 Å². The molecule has 1 aliphatic heterocycles. The second-order valence-electron chi connectivity index (χ2n) is 5.81. The fraction of sp³-hybridized carbons (Fsp3) is 0.538. The Balaban J connectivity index is 2.22. The van der Waals surface area contributed by atoms with Crippen LogP contribution in [0.25, 0.3) is 0 Å². The smallest absolute Gasteiger partial charge is 0.262 e. The van der Waals surface area contributed by atoms with Gasteiger partial charge in [-0.3, -0.25) is 14.5 Å². The lowest BCUT2D eigenvalue weighted by Gasteiger charge is -2.25. The predicted octanol–water partition coefficient (Wildman–Crippen LogP) is 4.31. The maximum Gasteiger partial charge on any atom is 0.262 e. The van der Waals surface area contributed by atoms with E-state index in [0.29, 0.717) is 18.5 Å². The van der Waals surface area contributed by atoms with Crippen molar-refractivity contribution in [2.45, 2.75) is 27.2 Å². The molecule has 0 saturated carbocycles.